The van der Waals surface area contributed by atoms with Gasteiger partial charge in [-0.25, -0.2) is 0 Å². The van der Waals surface area contributed by atoms with Crippen LogP contribution in [0.1, 0.15) is 62.0 Å². The molecule has 0 aliphatic heterocycles. The second-order valence-electron chi connectivity index (χ2n) is 10.5. The van der Waals surface area contributed by atoms with E-state index in [2.05, 4.69) is 0 Å². The molecule has 2 aromatic carbocycles. The van der Waals surface area contributed by atoms with E-state index in [0.29, 0.717) is 23.0 Å². The number of alkyl halides is 3. The lowest BCUT2D eigenvalue weighted by atomic mass is 9.91. The number of carbonyl (C=O) groups is 1. The number of halogens is 3. The molecule has 2 aliphatic rings. The first-order valence-electron chi connectivity index (χ1n) is 13.2. The van der Waals surface area contributed by atoms with Crippen LogP contribution in [0.4, 0.5) is 13.2 Å². The van der Waals surface area contributed by atoms with Crippen LogP contribution in [0.3, 0.4) is 0 Å². The first kappa shape index (κ1) is 28.1. The van der Waals surface area contributed by atoms with Crippen LogP contribution >= 0.6 is 0 Å². The van der Waals surface area contributed by atoms with Gasteiger partial charge in [0.1, 0.15) is 17.2 Å². The Morgan fingerprint density at radius 1 is 1.00 bits per heavy atom. The lowest BCUT2D eigenvalue weighted by Gasteiger charge is -2.30. The van der Waals surface area contributed by atoms with Crippen molar-refractivity contribution in [1.29, 1.82) is 0 Å². The van der Waals surface area contributed by atoms with E-state index in [1.54, 1.807) is 25.3 Å². The van der Waals surface area contributed by atoms with Gasteiger partial charge in [0.05, 0.1) is 32.3 Å². The molecule has 0 saturated heterocycles. The van der Waals surface area contributed by atoms with Gasteiger partial charge >= 0.3 is 12.1 Å². The van der Waals surface area contributed by atoms with Crippen molar-refractivity contribution >= 4 is 5.97 Å². The number of rotatable bonds is 12. The third-order valence-electron chi connectivity index (χ3n) is 7.25. The Hall–Kier alpha value is -2.94. The van der Waals surface area contributed by atoms with Gasteiger partial charge in [0.15, 0.2) is 0 Å². The molecule has 2 fully saturated rings. The summed E-state index contributed by atoms with van der Waals surface area (Å²) in [7, 11) is 2.98. The second kappa shape index (κ2) is 12.3. The molecule has 6 nitrogen and oxygen atoms in total. The maximum atomic E-state index is 12.8. The predicted molar refractivity (Wildman–Crippen MR) is 137 cm³/mol. The zero-order chi connectivity index (χ0) is 27.3. The average molecular weight is 536 g/mol. The second-order valence-corrected chi connectivity index (χ2v) is 10.5. The zero-order valence-electron chi connectivity index (χ0n) is 21.9. The Morgan fingerprint density at radius 2 is 1.68 bits per heavy atom. The summed E-state index contributed by atoms with van der Waals surface area (Å²) in [4.78, 5) is 12.6. The van der Waals surface area contributed by atoms with Gasteiger partial charge in [-0.15, -0.1) is 0 Å². The molecule has 1 N–H and O–H groups in total. The van der Waals surface area contributed by atoms with Crippen LogP contribution in [-0.4, -0.2) is 55.1 Å². The molecule has 38 heavy (non-hydrogen) atoms. The summed E-state index contributed by atoms with van der Waals surface area (Å²) >= 11 is 0. The van der Waals surface area contributed by atoms with Crippen molar-refractivity contribution < 1.29 is 37.3 Å². The van der Waals surface area contributed by atoms with Crippen molar-refractivity contribution in [2.45, 2.75) is 75.8 Å². The third-order valence-corrected chi connectivity index (χ3v) is 7.25. The van der Waals surface area contributed by atoms with Crippen LogP contribution in [0.5, 0.6) is 17.2 Å². The maximum absolute atomic E-state index is 12.8. The molecule has 0 spiro atoms. The molecule has 0 heterocycles. The lowest BCUT2D eigenvalue weighted by Crippen LogP contribution is -2.32. The van der Waals surface area contributed by atoms with E-state index in [1.165, 1.54) is 11.9 Å². The predicted octanol–water partition coefficient (Wildman–Crippen LogP) is 6.43. The highest BCUT2D eigenvalue weighted by Crippen LogP contribution is 2.45. The van der Waals surface area contributed by atoms with Crippen LogP contribution in [0.2, 0.25) is 0 Å². The molecule has 0 bridgehead atoms. The fraction of sp³-hybridized carbons (Fsp3) is 0.552. The van der Waals surface area contributed by atoms with E-state index in [-0.39, 0.29) is 31.1 Å². The van der Waals surface area contributed by atoms with E-state index in [9.17, 15) is 23.1 Å². The topological polar surface area (TPSA) is 68.2 Å². The molecule has 2 aromatic rings. The summed E-state index contributed by atoms with van der Waals surface area (Å²) in [6.07, 6.45) is 1.02. The van der Waals surface area contributed by atoms with Gasteiger partial charge < -0.3 is 19.3 Å². The highest BCUT2D eigenvalue weighted by molar-refractivity contribution is 5.68. The minimum atomic E-state index is -4.27. The van der Waals surface area contributed by atoms with Gasteiger partial charge in [0.2, 0.25) is 0 Å². The number of benzene rings is 2. The fourth-order valence-corrected chi connectivity index (χ4v) is 5.26. The number of nitrogens with zero attached hydrogens (tertiary/aromatic N) is 1. The number of carboxylic acids is 1. The van der Waals surface area contributed by atoms with Crippen LogP contribution < -0.4 is 14.2 Å². The van der Waals surface area contributed by atoms with Crippen molar-refractivity contribution in [1.82, 2.24) is 4.90 Å². The number of aliphatic carboxylic acids is 1. The Labute approximate surface area is 221 Å². The third kappa shape index (κ3) is 8.28. The van der Waals surface area contributed by atoms with Crippen LogP contribution in [0.15, 0.2) is 42.5 Å². The molecule has 9 heteroatoms. The van der Waals surface area contributed by atoms with Gasteiger partial charge in [-0.05, 0) is 81.2 Å². The highest BCUT2D eigenvalue weighted by Gasteiger charge is 2.34. The monoisotopic (exact) mass is 535 g/mol. The summed E-state index contributed by atoms with van der Waals surface area (Å²) in [5.74, 6) is 1.56. The molecule has 0 aromatic heterocycles. The quantitative estimate of drug-likeness (QED) is 0.338. The minimum absolute atomic E-state index is 0.0200. The van der Waals surface area contributed by atoms with Gasteiger partial charge in [-0.2, -0.15) is 13.2 Å². The summed E-state index contributed by atoms with van der Waals surface area (Å²) in [6, 6.07) is 13.0. The number of hydrogen-bond acceptors (Lipinski definition) is 5. The van der Waals surface area contributed by atoms with E-state index in [4.69, 9.17) is 14.2 Å². The summed E-state index contributed by atoms with van der Waals surface area (Å²) in [6.45, 7) is -0.892. The highest BCUT2D eigenvalue weighted by atomic mass is 19.4. The van der Waals surface area contributed by atoms with E-state index in [0.717, 1.165) is 49.8 Å². The Morgan fingerprint density at radius 3 is 2.29 bits per heavy atom. The molecule has 208 valence electrons. The SMILES string of the molecule is COc1ccc(CN(C)CC(F)(F)F)c(O[C@H]2CC[C@H](Oc3cccc(C(CC(=O)O)C4CC4)c3)CC2)c1. The fourth-order valence-electron chi connectivity index (χ4n) is 5.26. The summed E-state index contributed by atoms with van der Waals surface area (Å²) in [5, 5.41) is 9.32. The van der Waals surface area contributed by atoms with Crippen LogP contribution in [0, 0.1) is 5.92 Å². The van der Waals surface area contributed by atoms with Crippen molar-refractivity contribution in [3.05, 3.63) is 53.6 Å². The van der Waals surface area contributed by atoms with Gasteiger partial charge in [0, 0.05) is 18.2 Å². The molecular formula is C29H36F3NO5. The Kier molecular flexibility index (Phi) is 9.07. The van der Waals surface area contributed by atoms with Gasteiger partial charge in [-0.3, -0.25) is 9.69 Å². The molecular weight excluding hydrogens is 499 g/mol. The first-order chi connectivity index (χ1) is 18.1. The number of carboxylic acid groups (broad SMARTS) is 1. The molecule has 1 atom stereocenters. The molecule has 0 radical (unpaired) electrons. The maximum Gasteiger partial charge on any atom is 0.401 e. The molecule has 2 aliphatic carbocycles. The molecule has 0 amide bonds. The minimum Gasteiger partial charge on any atom is -0.497 e. The van der Waals surface area contributed by atoms with E-state index in [1.807, 2.05) is 24.3 Å². The number of methoxy groups -OCH3 is 1. The smallest absolute Gasteiger partial charge is 0.401 e. The Bertz CT molecular complexity index is 1080. The van der Waals surface area contributed by atoms with Crippen LogP contribution in [0.25, 0.3) is 0 Å². The number of hydrogen-bond donors (Lipinski definition) is 1. The van der Waals surface area contributed by atoms with Crippen LogP contribution in [-0.2, 0) is 11.3 Å². The van der Waals surface area contributed by atoms with Gasteiger partial charge in [-0.1, -0.05) is 18.2 Å². The van der Waals surface area contributed by atoms with Gasteiger partial charge in [0.25, 0.3) is 0 Å². The zero-order valence-corrected chi connectivity index (χ0v) is 21.9. The van der Waals surface area contributed by atoms with Crippen molar-refractivity contribution in [3.8, 4) is 17.2 Å². The number of ether oxygens (including phenoxy) is 3. The largest absolute Gasteiger partial charge is 0.497 e. The summed E-state index contributed by atoms with van der Waals surface area (Å²) < 4.78 is 56.3. The van der Waals surface area contributed by atoms with Crippen molar-refractivity contribution in [2.75, 3.05) is 20.7 Å². The Balaban J connectivity index is 1.34. The van der Waals surface area contributed by atoms with Crippen molar-refractivity contribution in [3.63, 3.8) is 0 Å². The van der Waals surface area contributed by atoms with E-state index < -0.39 is 18.7 Å². The lowest BCUT2D eigenvalue weighted by molar-refractivity contribution is -0.144. The van der Waals surface area contributed by atoms with E-state index >= 15 is 0 Å². The average Bonchev–Trinajstić information content (AvgIpc) is 3.69. The molecule has 2 saturated carbocycles. The van der Waals surface area contributed by atoms with Crippen molar-refractivity contribution in [2.24, 2.45) is 5.92 Å². The normalized spacial score (nSPS) is 20.7. The standard InChI is InChI=1S/C29H36F3NO5/c1-33(18-29(30,31)32)17-21-8-9-24(36-2)15-27(21)38-23-12-10-22(11-13-23)37-25-5-3-4-20(14-25)26(16-28(34)35)19-6-7-19/h3-5,8-9,14-15,19,22-23,26H,6-7,10-13,16-18H2,1-2H3,(H,34,35)/t22-,23-,26?. The molecule has 1 unspecified atom stereocenters. The first-order valence-corrected chi connectivity index (χ1v) is 13.2. The molecule has 4 rings (SSSR count). The summed E-state index contributed by atoms with van der Waals surface area (Å²) in [5.41, 5.74) is 1.70.